The van der Waals surface area contributed by atoms with Gasteiger partial charge in [-0.15, -0.1) is 0 Å². The molecule has 0 aliphatic heterocycles. The number of carbonyl (C=O) groups excluding carboxylic acids is 1. The third-order valence-corrected chi connectivity index (χ3v) is 1.83. The molecule has 0 atom stereocenters. The lowest BCUT2D eigenvalue weighted by molar-refractivity contribution is -0.121. The maximum absolute atomic E-state index is 11.4. The lowest BCUT2D eigenvalue weighted by atomic mass is 10.1. The number of pyridine rings is 1. The Morgan fingerprint density at radius 2 is 2.07 bits per heavy atom. The van der Waals surface area contributed by atoms with Crippen molar-refractivity contribution < 1.29 is 9.90 Å². The summed E-state index contributed by atoms with van der Waals surface area (Å²) in [5, 5.41) is 12.1. The lowest BCUT2D eigenvalue weighted by Gasteiger charge is -2.17. The van der Waals surface area contributed by atoms with Gasteiger partial charge in [-0.05, 0) is 31.5 Å². The average Bonchev–Trinajstić information content (AvgIpc) is 2.15. The van der Waals surface area contributed by atoms with E-state index in [1.54, 1.807) is 38.4 Å². The standard InChI is InChI=1S/C11H16N2O2/c1-11(2,15)8-13-10(14)7-9-3-5-12-6-4-9/h3-6,15H,7-8H2,1-2H3,(H,13,14). The second-order valence-electron chi connectivity index (χ2n) is 4.12. The molecule has 0 radical (unpaired) electrons. The molecule has 82 valence electrons. The van der Waals surface area contributed by atoms with Gasteiger partial charge < -0.3 is 10.4 Å². The van der Waals surface area contributed by atoms with Crippen molar-refractivity contribution in [1.82, 2.24) is 10.3 Å². The first-order valence-electron chi connectivity index (χ1n) is 4.85. The summed E-state index contributed by atoms with van der Waals surface area (Å²) >= 11 is 0. The van der Waals surface area contributed by atoms with Crippen molar-refractivity contribution in [3.63, 3.8) is 0 Å². The summed E-state index contributed by atoms with van der Waals surface area (Å²) in [6.45, 7) is 3.57. The molecule has 1 aromatic heterocycles. The Hall–Kier alpha value is -1.42. The van der Waals surface area contributed by atoms with Crippen molar-refractivity contribution in [2.24, 2.45) is 0 Å². The zero-order valence-electron chi connectivity index (χ0n) is 9.03. The average molecular weight is 208 g/mol. The Labute approximate surface area is 89.3 Å². The molecule has 1 aromatic rings. The highest BCUT2D eigenvalue weighted by Gasteiger charge is 2.13. The Morgan fingerprint density at radius 1 is 1.47 bits per heavy atom. The molecule has 4 nitrogen and oxygen atoms in total. The zero-order valence-corrected chi connectivity index (χ0v) is 9.03. The first-order valence-corrected chi connectivity index (χ1v) is 4.85. The van der Waals surface area contributed by atoms with E-state index in [2.05, 4.69) is 10.3 Å². The second kappa shape index (κ2) is 4.89. The molecule has 0 saturated carbocycles. The first kappa shape index (κ1) is 11.7. The van der Waals surface area contributed by atoms with E-state index in [1.165, 1.54) is 0 Å². The Bertz CT molecular complexity index is 317. The molecular formula is C11H16N2O2. The molecule has 0 aliphatic carbocycles. The number of nitrogens with zero attached hydrogens (tertiary/aromatic N) is 1. The van der Waals surface area contributed by atoms with Gasteiger partial charge in [-0.2, -0.15) is 0 Å². The molecule has 0 unspecified atom stereocenters. The summed E-state index contributed by atoms with van der Waals surface area (Å²) < 4.78 is 0. The quantitative estimate of drug-likeness (QED) is 0.758. The number of aliphatic hydroxyl groups is 1. The number of aromatic nitrogens is 1. The van der Waals surface area contributed by atoms with Crippen LogP contribution in [0.4, 0.5) is 0 Å². The number of carbonyl (C=O) groups is 1. The summed E-state index contributed by atoms with van der Waals surface area (Å²) in [4.78, 5) is 15.3. The highest BCUT2D eigenvalue weighted by molar-refractivity contribution is 5.78. The largest absolute Gasteiger partial charge is 0.389 e. The fourth-order valence-corrected chi connectivity index (χ4v) is 1.06. The summed E-state index contributed by atoms with van der Waals surface area (Å²) in [7, 11) is 0. The van der Waals surface area contributed by atoms with Crippen molar-refractivity contribution in [2.45, 2.75) is 25.9 Å². The van der Waals surface area contributed by atoms with Gasteiger partial charge in [-0.1, -0.05) is 0 Å². The van der Waals surface area contributed by atoms with Gasteiger partial charge in [0.1, 0.15) is 0 Å². The molecular weight excluding hydrogens is 192 g/mol. The minimum Gasteiger partial charge on any atom is -0.389 e. The number of amides is 1. The second-order valence-corrected chi connectivity index (χ2v) is 4.12. The predicted octanol–water partition coefficient (Wildman–Crippen LogP) is 0.511. The van der Waals surface area contributed by atoms with Crippen LogP contribution in [-0.4, -0.2) is 28.1 Å². The Morgan fingerprint density at radius 3 is 2.60 bits per heavy atom. The minimum atomic E-state index is -0.867. The zero-order chi connectivity index (χ0) is 11.3. The monoisotopic (exact) mass is 208 g/mol. The molecule has 0 aliphatic rings. The first-order chi connectivity index (χ1) is 6.97. The minimum absolute atomic E-state index is 0.0941. The SMILES string of the molecule is CC(C)(O)CNC(=O)Cc1ccncc1. The molecule has 1 amide bonds. The summed E-state index contributed by atoms with van der Waals surface area (Å²) in [5.74, 6) is -0.0941. The van der Waals surface area contributed by atoms with E-state index in [-0.39, 0.29) is 12.5 Å². The van der Waals surface area contributed by atoms with Gasteiger partial charge >= 0.3 is 0 Å². The van der Waals surface area contributed by atoms with Crippen LogP contribution in [0.15, 0.2) is 24.5 Å². The van der Waals surface area contributed by atoms with Crippen molar-refractivity contribution in [2.75, 3.05) is 6.54 Å². The molecule has 1 rings (SSSR count). The van der Waals surface area contributed by atoms with E-state index in [0.717, 1.165) is 5.56 Å². The smallest absolute Gasteiger partial charge is 0.224 e. The van der Waals surface area contributed by atoms with Gasteiger partial charge in [0.2, 0.25) is 5.91 Å². The summed E-state index contributed by atoms with van der Waals surface area (Å²) in [5.41, 5.74) is 0.0479. The third-order valence-electron chi connectivity index (χ3n) is 1.83. The fraction of sp³-hybridized carbons (Fsp3) is 0.455. The Balaban J connectivity index is 2.38. The van der Waals surface area contributed by atoms with Crippen LogP contribution in [0.5, 0.6) is 0 Å². The van der Waals surface area contributed by atoms with Crippen molar-refractivity contribution in [3.8, 4) is 0 Å². The van der Waals surface area contributed by atoms with Crippen LogP contribution >= 0.6 is 0 Å². The van der Waals surface area contributed by atoms with Crippen molar-refractivity contribution in [1.29, 1.82) is 0 Å². The topological polar surface area (TPSA) is 62.2 Å². The number of hydrogen-bond acceptors (Lipinski definition) is 3. The van der Waals surface area contributed by atoms with Crippen LogP contribution in [0.1, 0.15) is 19.4 Å². The molecule has 0 saturated heterocycles. The highest BCUT2D eigenvalue weighted by atomic mass is 16.3. The molecule has 15 heavy (non-hydrogen) atoms. The number of nitrogens with one attached hydrogen (secondary N) is 1. The fourth-order valence-electron chi connectivity index (χ4n) is 1.06. The van der Waals surface area contributed by atoms with Crippen molar-refractivity contribution >= 4 is 5.91 Å². The maximum Gasteiger partial charge on any atom is 0.224 e. The van der Waals surface area contributed by atoms with Crippen LogP contribution in [-0.2, 0) is 11.2 Å². The highest BCUT2D eigenvalue weighted by Crippen LogP contribution is 2.00. The van der Waals surface area contributed by atoms with Crippen LogP contribution in [0.25, 0.3) is 0 Å². The molecule has 0 fully saturated rings. The van der Waals surface area contributed by atoms with E-state index in [0.29, 0.717) is 6.42 Å². The van der Waals surface area contributed by atoms with Gasteiger partial charge in [0, 0.05) is 18.9 Å². The molecule has 4 heteroatoms. The third kappa shape index (κ3) is 5.12. The van der Waals surface area contributed by atoms with Gasteiger partial charge in [0.25, 0.3) is 0 Å². The molecule has 0 bridgehead atoms. The maximum atomic E-state index is 11.4. The van der Waals surface area contributed by atoms with Gasteiger partial charge in [-0.25, -0.2) is 0 Å². The van der Waals surface area contributed by atoms with E-state index >= 15 is 0 Å². The Kier molecular flexibility index (Phi) is 3.80. The van der Waals surface area contributed by atoms with Crippen LogP contribution in [0.2, 0.25) is 0 Å². The lowest BCUT2D eigenvalue weighted by Crippen LogP contribution is -2.38. The predicted molar refractivity (Wildman–Crippen MR) is 57.2 cm³/mol. The van der Waals surface area contributed by atoms with Crippen LogP contribution < -0.4 is 5.32 Å². The van der Waals surface area contributed by atoms with Crippen LogP contribution in [0.3, 0.4) is 0 Å². The molecule has 1 heterocycles. The van der Waals surface area contributed by atoms with E-state index in [1.807, 2.05) is 0 Å². The van der Waals surface area contributed by atoms with Crippen LogP contribution in [0, 0.1) is 0 Å². The summed E-state index contributed by atoms with van der Waals surface area (Å²) in [6.07, 6.45) is 3.62. The van der Waals surface area contributed by atoms with E-state index in [4.69, 9.17) is 0 Å². The van der Waals surface area contributed by atoms with Crippen molar-refractivity contribution in [3.05, 3.63) is 30.1 Å². The van der Waals surface area contributed by atoms with E-state index < -0.39 is 5.60 Å². The molecule has 0 spiro atoms. The number of hydrogen-bond donors (Lipinski definition) is 2. The molecule has 0 aromatic carbocycles. The van der Waals surface area contributed by atoms with Gasteiger partial charge in [0.15, 0.2) is 0 Å². The summed E-state index contributed by atoms with van der Waals surface area (Å²) in [6, 6.07) is 3.59. The normalized spacial score (nSPS) is 11.1. The number of rotatable bonds is 4. The molecule has 2 N–H and O–H groups in total. The van der Waals surface area contributed by atoms with E-state index in [9.17, 15) is 9.90 Å². The van der Waals surface area contributed by atoms with Gasteiger partial charge in [-0.3, -0.25) is 9.78 Å². The van der Waals surface area contributed by atoms with Gasteiger partial charge in [0.05, 0.1) is 12.0 Å².